The quantitative estimate of drug-likeness (QED) is 0.772. The normalized spacial score (nSPS) is 18.5. The third kappa shape index (κ3) is 2.71. The molecule has 92 valence electrons. The van der Waals surface area contributed by atoms with Crippen molar-refractivity contribution in [2.24, 2.45) is 5.41 Å². The topological polar surface area (TPSA) is 20.3 Å². The maximum atomic E-state index is 11.4. The van der Waals surface area contributed by atoms with Crippen molar-refractivity contribution in [1.82, 2.24) is 0 Å². The van der Waals surface area contributed by atoms with Gasteiger partial charge in [-0.2, -0.15) is 0 Å². The van der Waals surface area contributed by atoms with E-state index in [2.05, 4.69) is 40.7 Å². The smallest absolute Gasteiger partial charge is 0.160 e. The molecule has 0 bridgehead atoms. The maximum absolute atomic E-state index is 11.4. The van der Waals surface area contributed by atoms with Gasteiger partial charge >= 0.3 is 0 Å². The Morgan fingerprint density at radius 1 is 1.41 bits per heavy atom. The molecule has 1 aliphatic heterocycles. The first-order chi connectivity index (χ1) is 7.89. The van der Waals surface area contributed by atoms with Gasteiger partial charge in [0.15, 0.2) is 5.78 Å². The lowest BCUT2D eigenvalue weighted by molar-refractivity contribution is 0.101. The summed E-state index contributed by atoms with van der Waals surface area (Å²) < 4.78 is 0.896. The van der Waals surface area contributed by atoms with Gasteiger partial charge in [-0.05, 0) is 52.9 Å². The number of nitrogens with zero attached hydrogens (tertiary/aromatic N) is 1. The second kappa shape index (κ2) is 4.45. The SMILES string of the molecule is CC(=O)c1ccc(N2CCC(C)(C)C2)cc1Br. The summed E-state index contributed by atoms with van der Waals surface area (Å²) in [6.45, 7) is 8.37. The first-order valence-electron chi connectivity index (χ1n) is 5.94. The molecular weight excluding hydrogens is 278 g/mol. The molecule has 1 saturated heterocycles. The number of carbonyl (C=O) groups excluding carboxylic acids is 1. The molecule has 0 spiro atoms. The standard InChI is InChI=1S/C14H18BrNO/c1-10(17)12-5-4-11(8-13(12)15)16-7-6-14(2,3)9-16/h4-5,8H,6-7,9H2,1-3H3. The fourth-order valence-corrected chi connectivity index (χ4v) is 2.96. The highest BCUT2D eigenvalue weighted by Crippen LogP contribution is 2.34. The molecule has 3 heteroatoms. The van der Waals surface area contributed by atoms with Gasteiger partial charge < -0.3 is 4.90 Å². The van der Waals surface area contributed by atoms with Crippen LogP contribution in [0.2, 0.25) is 0 Å². The van der Waals surface area contributed by atoms with Gasteiger partial charge in [0, 0.05) is 28.8 Å². The number of benzene rings is 1. The van der Waals surface area contributed by atoms with Gasteiger partial charge in [-0.15, -0.1) is 0 Å². The first kappa shape index (κ1) is 12.6. The second-order valence-electron chi connectivity index (χ2n) is 5.56. The molecule has 1 fully saturated rings. The largest absolute Gasteiger partial charge is 0.371 e. The molecule has 0 atom stereocenters. The fourth-order valence-electron chi connectivity index (χ4n) is 2.32. The summed E-state index contributed by atoms with van der Waals surface area (Å²) in [5.41, 5.74) is 2.35. The zero-order valence-corrected chi connectivity index (χ0v) is 12.2. The van der Waals surface area contributed by atoms with Crippen molar-refractivity contribution in [3.8, 4) is 0 Å². The first-order valence-corrected chi connectivity index (χ1v) is 6.74. The van der Waals surface area contributed by atoms with Gasteiger partial charge in [-0.25, -0.2) is 0 Å². The minimum Gasteiger partial charge on any atom is -0.371 e. The van der Waals surface area contributed by atoms with Gasteiger partial charge in [-0.1, -0.05) is 13.8 Å². The van der Waals surface area contributed by atoms with E-state index in [9.17, 15) is 4.79 Å². The molecule has 0 radical (unpaired) electrons. The number of carbonyl (C=O) groups is 1. The molecule has 0 aromatic heterocycles. The van der Waals surface area contributed by atoms with Gasteiger partial charge in [0.25, 0.3) is 0 Å². The number of hydrogen-bond acceptors (Lipinski definition) is 2. The van der Waals surface area contributed by atoms with E-state index in [1.54, 1.807) is 6.92 Å². The Morgan fingerprint density at radius 2 is 2.12 bits per heavy atom. The molecule has 1 heterocycles. The number of hydrogen-bond donors (Lipinski definition) is 0. The van der Waals surface area contributed by atoms with Crippen LogP contribution in [-0.4, -0.2) is 18.9 Å². The lowest BCUT2D eigenvalue weighted by Crippen LogP contribution is -2.22. The minimum absolute atomic E-state index is 0.102. The van der Waals surface area contributed by atoms with Crippen LogP contribution in [0.25, 0.3) is 0 Å². The van der Waals surface area contributed by atoms with Crippen molar-refractivity contribution < 1.29 is 4.79 Å². The van der Waals surface area contributed by atoms with Gasteiger partial charge in [0.1, 0.15) is 0 Å². The molecule has 0 unspecified atom stereocenters. The Labute approximate surface area is 111 Å². The number of rotatable bonds is 2. The highest BCUT2D eigenvalue weighted by molar-refractivity contribution is 9.10. The molecule has 1 aromatic rings. The number of ketones is 1. The van der Waals surface area contributed by atoms with E-state index in [0.29, 0.717) is 5.41 Å². The van der Waals surface area contributed by atoms with Crippen molar-refractivity contribution in [1.29, 1.82) is 0 Å². The van der Waals surface area contributed by atoms with E-state index < -0.39 is 0 Å². The summed E-state index contributed by atoms with van der Waals surface area (Å²) in [6.07, 6.45) is 1.22. The highest BCUT2D eigenvalue weighted by Gasteiger charge is 2.29. The summed E-state index contributed by atoms with van der Waals surface area (Å²) in [7, 11) is 0. The average molecular weight is 296 g/mol. The Bertz CT molecular complexity index is 454. The van der Waals surface area contributed by atoms with E-state index >= 15 is 0 Å². The van der Waals surface area contributed by atoms with Crippen LogP contribution in [0.3, 0.4) is 0 Å². The van der Waals surface area contributed by atoms with Crippen molar-refractivity contribution in [2.75, 3.05) is 18.0 Å². The van der Waals surface area contributed by atoms with E-state index in [1.807, 2.05) is 12.1 Å². The van der Waals surface area contributed by atoms with Crippen LogP contribution in [0.1, 0.15) is 37.6 Å². The molecule has 2 rings (SSSR count). The van der Waals surface area contributed by atoms with Crippen LogP contribution in [0.5, 0.6) is 0 Å². The third-order valence-electron chi connectivity index (χ3n) is 3.37. The van der Waals surface area contributed by atoms with Gasteiger partial charge in [0.2, 0.25) is 0 Å². The molecule has 2 nitrogen and oxygen atoms in total. The predicted octanol–water partition coefficient (Wildman–Crippen LogP) is 3.89. The van der Waals surface area contributed by atoms with Crippen molar-refractivity contribution in [3.63, 3.8) is 0 Å². The number of Topliss-reactive ketones (excluding diaryl/α,β-unsaturated/α-hetero) is 1. The van der Waals surface area contributed by atoms with Crippen LogP contribution in [0.15, 0.2) is 22.7 Å². The van der Waals surface area contributed by atoms with E-state index in [-0.39, 0.29) is 5.78 Å². The van der Waals surface area contributed by atoms with Crippen LogP contribution in [0.4, 0.5) is 5.69 Å². The van der Waals surface area contributed by atoms with Crippen molar-refractivity contribution >= 4 is 27.4 Å². The van der Waals surface area contributed by atoms with Crippen LogP contribution in [-0.2, 0) is 0 Å². The Balaban J connectivity index is 2.24. The maximum Gasteiger partial charge on any atom is 0.160 e. The monoisotopic (exact) mass is 295 g/mol. The molecule has 0 amide bonds. The van der Waals surface area contributed by atoms with Crippen molar-refractivity contribution in [3.05, 3.63) is 28.2 Å². The van der Waals surface area contributed by atoms with E-state index in [1.165, 1.54) is 12.1 Å². The summed E-state index contributed by atoms with van der Waals surface area (Å²) in [5, 5.41) is 0. The minimum atomic E-state index is 0.102. The van der Waals surface area contributed by atoms with Crippen LogP contribution in [0, 0.1) is 5.41 Å². The molecule has 0 N–H and O–H groups in total. The number of halogens is 1. The lowest BCUT2D eigenvalue weighted by atomic mass is 9.93. The van der Waals surface area contributed by atoms with Gasteiger partial charge in [-0.3, -0.25) is 4.79 Å². The molecular formula is C14H18BrNO. The fraction of sp³-hybridized carbons (Fsp3) is 0.500. The highest BCUT2D eigenvalue weighted by atomic mass is 79.9. The second-order valence-corrected chi connectivity index (χ2v) is 6.41. The zero-order chi connectivity index (χ0) is 12.6. The van der Waals surface area contributed by atoms with E-state index in [0.717, 1.165) is 23.1 Å². The third-order valence-corrected chi connectivity index (χ3v) is 4.03. The molecule has 17 heavy (non-hydrogen) atoms. The average Bonchev–Trinajstić information content (AvgIpc) is 2.58. The Hall–Kier alpha value is -0.830. The summed E-state index contributed by atoms with van der Waals surface area (Å²) in [4.78, 5) is 13.7. The predicted molar refractivity (Wildman–Crippen MR) is 74.8 cm³/mol. The summed E-state index contributed by atoms with van der Waals surface area (Å²) >= 11 is 3.48. The molecule has 0 aliphatic carbocycles. The molecule has 1 aliphatic rings. The van der Waals surface area contributed by atoms with Crippen molar-refractivity contribution in [2.45, 2.75) is 27.2 Å². The Kier molecular flexibility index (Phi) is 3.30. The number of anilines is 1. The molecule has 1 aromatic carbocycles. The summed E-state index contributed by atoms with van der Waals surface area (Å²) in [5.74, 6) is 0.102. The summed E-state index contributed by atoms with van der Waals surface area (Å²) in [6, 6.07) is 6.01. The van der Waals surface area contributed by atoms with Crippen LogP contribution >= 0.6 is 15.9 Å². The molecule has 0 saturated carbocycles. The lowest BCUT2D eigenvalue weighted by Gasteiger charge is -2.22. The van der Waals surface area contributed by atoms with E-state index in [4.69, 9.17) is 0 Å². The van der Waals surface area contributed by atoms with Crippen LogP contribution < -0.4 is 4.90 Å². The zero-order valence-electron chi connectivity index (χ0n) is 10.6. The van der Waals surface area contributed by atoms with Gasteiger partial charge in [0.05, 0.1) is 0 Å². The Morgan fingerprint density at radius 3 is 2.59 bits per heavy atom.